The fourth-order valence-electron chi connectivity index (χ4n) is 3.19. The maximum Gasteiger partial charge on any atom is 0.408 e. The van der Waals surface area contributed by atoms with Crippen LogP contribution in [0.15, 0.2) is 24.3 Å². The van der Waals surface area contributed by atoms with E-state index in [-0.39, 0.29) is 12.3 Å². The van der Waals surface area contributed by atoms with Gasteiger partial charge < -0.3 is 15.8 Å². The SMILES string of the molecule is CCS(=O)(=O)[C@@H]1[C@@H](c2ccc(F)cc2)[C@]1(CN)NC(=O)OC(C)(C)C. The monoisotopic (exact) mass is 372 g/mol. The van der Waals surface area contributed by atoms with E-state index in [0.717, 1.165) is 0 Å². The molecule has 1 aromatic rings. The topological polar surface area (TPSA) is 98.5 Å². The van der Waals surface area contributed by atoms with E-state index in [1.165, 1.54) is 24.3 Å². The minimum Gasteiger partial charge on any atom is -0.444 e. The van der Waals surface area contributed by atoms with Crippen LogP contribution in [0.3, 0.4) is 0 Å². The number of amides is 1. The fraction of sp³-hybridized carbons (Fsp3) is 0.588. The minimum absolute atomic E-state index is 0.0712. The molecule has 0 bridgehead atoms. The first-order valence-electron chi connectivity index (χ1n) is 8.15. The molecule has 1 saturated carbocycles. The molecule has 1 aliphatic carbocycles. The van der Waals surface area contributed by atoms with Crippen LogP contribution in [0.2, 0.25) is 0 Å². The van der Waals surface area contributed by atoms with Gasteiger partial charge in [0.15, 0.2) is 9.84 Å². The molecule has 1 amide bonds. The average molecular weight is 372 g/mol. The summed E-state index contributed by atoms with van der Waals surface area (Å²) in [5.74, 6) is -1.04. The number of halogens is 1. The Labute approximate surface area is 147 Å². The number of carbonyl (C=O) groups excluding carboxylic acids is 1. The van der Waals surface area contributed by atoms with Gasteiger partial charge in [-0.1, -0.05) is 19.1 Å². The predicted octanol–water partition coefficient (Wildman–Crippen LogP) is 1.95. The summed E-state index contributed by atoms with van der Waals surface area (Å²) in [7, 11) is -3.49. The van der Waals surface area contributed by atoms with E-state index in [2.05, 4.69) is 5.32 Å². The summed E-state index contributed by atoms with van der Waals surface area (Å²) >= 11 is 0. The number of alkyl carbamates (subject to hydrolysis) is 1. The van der Waals surface area contributed by atoms with Gasteiger partial charge in [-0.05, 0) is 38.5 Å². The van der Waals surface area contributed by atoms with Gasteiger partial charge >= 0.3 is 6.09 Å². The molecule has 1 aliphatic rings. The second kappa shape index (κ2) is 6.57. The van der Waals surface area contributed by atoms with Crippen LogP contribution in [-0.4, -0.2) is 43.2 Å². The third kappa shape index (κ3) is 3.95. The number of benzene rings is 1. The van der Waals surface area contributed by atoms with Crippen LogP contribution in [0, 0.1) is 5.82 Å². The Hall–Kier alpha value is -1.67. The lowest BCUT2D eigenvalue weighted by Crippen LogP contribution is -2.49. The molecular weight excluding hydrogens is 347 g/mol. The average Bonchev–Trinajstić information content (AvgIpc) is 3.15. The van der Waals surface area contributed by atoms with Crippen LogP contribution in [0.1, 0.15) is 39.2 Å². The number of rotatable bonds is 5. The fourth-order valence-corrected chi connectivity index (χ4v) is 5.23. The maximum absolute atomic E-state index is 13.2. The van der Waals surface area contributed by atoms with Crippen LogP contribution < -0.4 is 11.1 Å². The first-order valence-corrected chi connectivity index (χ1v) is 9.86. The summed E-state index contributed by atoms with van der Waals surface area (Å²) in [6.07, 6.45) is -0.723. The summed E-state index contributed by atoms with van der Waals surface area (Å²) in [5, 5.41) is 1.80. The summed E-state index contributed by atoms with van der Waals surface area (Å²) in [4.78, 5) is 12.2. The van der Waals surface area contributed by atoms with Crippen molar-refractivity contribution in [3.8, 4) is 0 Å². The molecule has 2 rings (SSSR count). The van der Waals surface area contributed by atoms with Crippen molar-refractivity contribution in [3.05, 3.63) is 35.6 Å². The number of carbonyl (C=O) groups is 1. The van der Waals surface area contributed by atoms with E-state index >= 15 is 0 Å². The molecule has 3 N–H and O–H groups in total. The van der Waals surface area contributed by atoms with Crippen molar-refractivity contribution in [2.75, 3.05) is 12.3 Å². The molecule has 0 spiro atoms. The molecule has 0 aliphatic heterocycles. The smallest absolute Gasteiger partial charge is 0.408 e. The molecule has 0 radical (unpaired) electrons. The summed E-state index contributed by atoms with van der Waals surface area (Å²) in [6, 6.07) is 5.56. The molecule has 140 valence electrons. The summed E-state index contributed by atoms with van der Waals surface area (Å²) < 4.78 is 43.5. The zero-order valence-corrected chi connectivity index (χ0v) is 15.7. The van der Waals surface area contributed by atoms with Gasteiger partial charge in [-0.15, -0.1) is 0 Å². The van der Waals surface area contributed by atoms with Crippen molar-refractivity contribution >= 4 is 15.9 Å². The van der Waals surface area contributed by atoms with Crippen molar-refractivity contribution in [2.24, 2.45) is 5.73 Å². The van der Waals surface area contributed by atoms with Gasteiger partial charge in [0.2, 0.25) is 0 Å². The number of ether oxygens (including phenoxy) is 1. The normalized spacial score (nSPS) is 26.2. The molecule has 0 saturated heterocycles. The van der Waals surface area contributed by atoms with Crippen molar-refractivity contribution in [2.45, 2.75) is 50.0 Å². The number of hydrogen-bond acceptors (Lipinski definition) is 5. The van der Waals surface area contributed by atoms with Gasteiger partial charge in [-0.3, -0.25) is 0 Å². The Morgan fingerprint density at radius 2 is 1.88 bits per heavy atom. The lowest BCUT2D eigenvalue weighted by molar-refractivity contribution is 0.0497. The maximum atomic E-state index is 13.2. The highest BCUT2D eigenvalue weighted by Gasteiger charge is 2.71. The Morgan fingerprint density at radius 3 is 2.32 bits per heavy atom. The summed E-state index contributed by atoms with van der Waals surface area (Å²) in [6.45, 7) is 6.62. The molecule has 8 heteroatoms. The van der Waals surface area contributed by atoms with Gasteiger partial charge in [0.1, 0.15) is 11.4 Å². The number of hydrogen-bond donors (Lipinski definition) is 2. The standard InChI is InChI=1S/C17H25FN2O4S/c1-5-25(22,23)14-13(11-6-8-12(18)9-7-11)17(14,10-19)20-15(21)24-16(2,3)4/h6-9,13-14H,5,10,19H2,1-4H3,(H,20,21)/t13-,14-,17+/m1/s1. The van der Waals surface area contributed by atoms with E-state index < -0.39 is 44.1 Å². The van der Waals surface area contributed by atoms with Crippen LogP contribution in [0.5, 0.6) is 0 Å². The van der Waals surface area contributed by atoms with Gasteiger partial charge in [0.25, 0.3) is 0 Å². The van der Waals surface area contributed by atoms with E-state index in [1.807, 2.05) is 0 Å². The zero-order chi connectivity index (χ0) is 19.0. The van der Waals surface area contributed by atoms with E-state index in [0.29, 0.717) is 5.56 Å². The van der Waals surface area contributed by atoms with Gasteiger partial charge in [0.05, 0.1) is 10.8 Å². The number of nitrogens with one attached hydrogen (secondary N) is 1. The van der Waals surface area contributed by atoms with Crippen LogP contribution in [0.25, 0.3) is 0 Å². The highest BCUT2D eigenvalue weighted by atomic mass is 32.2. The third-order valence-electron chi connectivity index (χ3n) is 4.35. The molecule has 0 aromatic heterocycles. The molecular formula is C17H25FN2O4S. The summed E-state index contributed by atoms with van der Waals surface area (Å²) in [5.41, 5.74) is 4.61. The van der Waals surface area contributed by atoms with E-state index in [1.54, 1.807) is 27.7 Å². The van der Waals surface area contributed by atoms with E-state index in [4.69, 9.17) is 10.5 Å². The second-order valence-corrected chi connectivity index (χ2v) is 9.68. The predicted molar refractivity (Wildman–Crippen MR) is 93.5 cm³/mol. The van der Waals surface area contributed by atoms with Gasteiger partial charge in [0, 0.05) is 18.2 Å². The molecule has 6 nitrogen and oxygen atoms in total. The van der Waals surface area contributed by atoms with Crippen molar-refractivity contribution in [1.29, 1.82) is 0 Å². The third-order valence-corrected chi connectivity index (χ3v) is 6.62. The second-order valence-electron chi connectivity index (χ2n) is 7.27. The quantitative estimate of drug-likeness (QED) is 0.823. The first-order chi connectivity index (χ1) is 11.5. The van der Waals surface area contributed by atoms with Crippen LogP contribution in [0.4, 0.5) is 9.18 Å². The van der Waals surface area contributed by atoms with Crippen molar-refractivity contribution in [3.63, 3.8) is 0 Å². The lowest BCUT2D eigenvalue weighted by atomic mass is 10.1. The molecule has 3 atom stereocenters. The van der Waals surface area contributed by atoms with Gasteiger partial charge in [-0.25, -0.2) is 17.6 Å². The Kier molecular flexibility index (Phi) is 5.16. The minimum atomic E-state index is -3.49. The van der Waals surface area contributed by atoms with E-state index in [9.17, 15) is 17.6 Å². The molecule has 0 heterocycles. The largest absolute Gasteiger partial charge is 0.444 e. The molecule has 1 aromatic carbocycles. The van der Waals surface area contributed by atoms with Crippen LogP contribution in [-0.2, 0) is 14.6 Å². The Bertz CT molecular complexity index is 743. The highest BCUT2D eigenvalue weighted by molar-refractivity contribution is 7.92. The van der Waals surface area contributed by atoms with Crippen molar-refractivity contribution < 1.29 is 22.3 Å². The molecule has 1 fully saturated rings. The van der Waals surface area contributed by atoms with Crippen LogP contribution >= 0.6 is 0 Å². The number of sulfone groups is 1. The zero-order valence-electron chi connectivity index (χ0n) is 14.9. The molecule has 0 unspecified atom stereocenters. The molecule has 25 heavy (non-hydrogen) atoms. The van der Waals surface area contributed by atoms with Gasteiger partial charge in [-0.2, -0.15) is 0 Å². The van der Waals surface area contributed by atoms with Crippen molar-refractivity contribution in [1.82, 2.24) is 5.32 Å². The highest BCUT2D eigenvalue weighted by Crippen LogP contribution is 2.55. The Balaban J connectivity index is 2.38. The first kappa shape index (κ1) is 19.7. The Morgan fingerprint density at radius 1 is 1.32 bits per heavy atom. The number of nitrogens with two attached hydrogens (primary N) is 1. The lowest BCUT2D eigenvalue weighted by Gasteiger charge is -2.24.